The zero-order chi connectivity index (χ0) is 14.2. The van der Waals surface area contributed by atoms with Gasteiger partial charge in [0.2, 0.25) is 0 Å². The van der Waals surface area contributed by atoms with E-state index < -0.39 is 0 Å². The van der Waals surface area contributed by atoms with Crippen LogP contribution in [0.1, 0.15) is 24.4 Å². The lowest BCUT2D eigenvalue weighted by Gasteiger charge is -2.31. The van der Waals surface area contributed by atoms with E-state index in [0.29, 0.717) is 6.04 Å². The second-order valence-electron chi connectivity index (χ2n) is 6.26. The molecule has 0 spiro atoms. The third-order valence-corrected chi connectivity index (χ3v) is 4.78. The second kappa shape index (κ2) is 5.19. The third kappa shape index (κ3) is 2.23. The fraction of sp³-hybridized carbons (Fsp3) is 0.471. The predicted octanol–water partition coefficient (Wildman–Crippen LogP) is 2.78. The van der Waals surface area contributed by atoms with Gasteiger partial charge in [0.1, 0.15) is 0 Å². The number of piperidine rings is 1. The number of fused-ring (bicyclic) bond motifs is 1. The van der Waals surface area contributed by atoms with E-state index in [1.165, 1.54) is 41.9 Å². The van der Waals surface area contributed by atoms with Gasteiger partial charge in [0.25, 0.3) is 0 Å². The van der Waals surface area contributed by atoms with Gasteiger partial charge in [-0.2, -0.15) is 0 Å². The SMILES string of the molecule is CN1CCCC(n2cncc2-c2cccc3c2NCC3)C1. The molecule has 1 aromatic heterocycles. The van der Waals surface area contributed by atoms with Crippen LogP contribution in [0, 0.1) is 0 Å². The number of benzene rings is 1. The summed E-state index contributed by atoms with van der Waals surface area (Å²) in [6.45, 7) is 3.38. The highest BCUT2D eigenvalue weighted by Crippen LogP contribution is 2.36. The van der Waals surface area contributed by atoms with Crippen molar-refractivity contribution in [2.24, 2.45) is 0 Å². The molecule has 2 aliphatic rings. The summed E-state index contributed by atoms with van der Waals surface area (Å²) in [5.74, 6) is 0. The highest BCUT2D eigenvalue weighted by molar-refractivity contribution is 5.79. The maximum Gasteiger partial charge on any atom is 0.0954 e. The zero-order valence-electron chi connectivity index (χ0n) is 12.5. The Kier molecular flexibility index (Phi) is 3.19. The van der Waals surface area contributed by atoms with Gasteiger partial charge in [-0.15, -0.1) is 0 Å². The molecule has 1 fully saturated rings. The van der Waals surface area contributed by atoms with E-state index in [-0.39, 0.29) is 0 Å². The number of para-hydroxylation sites is 1. The van der Waals surface area contributed by atoms with Crippen molar-refractivity contribution in [3.63, 3.8) is 0 Å². The van der Waals surface area contributed by atoms with Crippen molar-refractivity contribution in [2.45, 2.75) is 25.3 Å². The molecule has 4 nitrogen and oxygen atoms in total. The van der Waals surface area contributed by atoms with Crippen LogP contribution in [0.2, 0.25) is 0 Å². The highest BCUT2D eigenvalue weighted by atomic mass is 15.2. The van der Waals surface area contributed by atoms with Gasteiger partial charge < -0.3 is 14.8 Å². The molecule has 1 N–H and O–H groups in total. The standard InChI is InChI=1S/C17H22N4/c1-20-9-3-5-14(11-20)21-12-18-10-16(21)15-6-2-4-13-7-8-19-17(13)15/h2,4,6,10,12,14,19H,3,5,7-9,11H2,1H3. The number of aromatic nitrogens is 2. The van der Waals surface area contributed by atoms with Crippen molar-refractivity contribution < 1.29 is 0 Å². The van der Waals surface area contributed by atoms with Crippen LogP contribution >= 0.6 is 0 Å². The van der Waals surface area contributed by atoms with Crippen LogP contribution in [0.25, 0.3) is 11.3 Å². The molecule has 0 amide bonds. The van der Waals surface area contributed by atoms with E-state index in [0.717, 1.165) is 19.5 Å². The molecule has 2 aliphatic heterocycles. The normalized spacial score (nSPS) is 22.0. The summed E-state index contributed by atoms with van der Waals surface area (Å²) in [5, 5.41) is 3.54. The van der Waals surface area contributed by atoms with Crippen LogP contribution < -0.4 is 5.32 Å². The lowest BCUT2D eigenvalue weighted by molar-refractivity contribution is 0.213. The van der Waals surface area contributed by atoms with Crippen molar-refractivity contribution in [1.82, 2.24) is 14.5 Å². The number of likely N-dealkylation sites (N-methyl/N-ethyl adjacent to an activating group) is 1. The first-order valence-corrected chi connectivity index (χ1v) is 7.89. The summed E-state index contributed by atoms with van der Waals surface area (Å²) in [6.07, 6.45) is 7.67. The molecule has 110 valence electrons. The first-order chi connectivity index (χ1) is 10.3. The second-order valence-corrected chi connectivity index (χ2v) is 6.26. The van der Waals surface area contributed by atoms with E-state index in [2.05, 4.69) is 45.0 Å². The first-order valence-electron chi connectivity index (χ1n) is 7.89. The maximum absolute atomic E-state index is 4.44. The smallest absolute Gasteiger partial charge is 0.0954 e. The molecule has 4 heteroatoms. The molecule has 2 aromatic rings. The van der Waals surface area contributed by atoms with E-state index in [9.17, 15) is 0 Å². The van der Waals surface area contributed by atoms with Gasteiger partial charge in [0.05, 0.1) is 18.2 Å². The molecule has 4 rings (SSSR count). The van der Waals surface area contributed by atoms with Gasteiger partial charge >= 0.3 is 0 Å². The van der Waals surface area contributed by atoms with Crippen molar-refractivity contribution >= 4 is 5.69 Å². The van der Waals surface area contributed by atoms with Gasteiger partial charge in [-0.25, -0.2) is 4.98 Å². The molecule has 21 heavy (non-hydrogen) atoms. The van der Waals surface area contributed by atoms with Crippen molar-refractivity contribution in [3.8, 4) is 11.3 Å². The molecule has 0 bridgehead atoms. The fourth-order valence-corrected chi connectivity index (χ4v) is 3.72. The van der Waals surface area contributed by atoms with Gasteiger partial charge in [-0.3, -0.25) is 0 Å². The summed E-state index contributed by atoms with van der Waals surface area (Å²) in [7, 11) is 2.21. The number of hydrogen-bond acceptors (Lipinski definition) is 3. The Morgan fingerprint density at radius 3 is 3.19 bits per heavy atom. The summed E-state index contributed by atoms with van der Waals surface area (Å²) >= 11 is 0. The number of hydrogen-bond donors (Lipinski definition) is 1. The van der Waals surface area contributed by atoms with Crippen LogP contribution in [-0.2, 0) is 6.42 Å². The van der Waals surface area contributed by atoms with Crippen LogP contribution in [-0.4, -0.2) is 41.1 Å². The number of anilines is 1. The molecule has 1 saturated heterocycles. The summed E-state index contributed by atoms with van der Waals surface area (Å²) in [6, 6.07) is 7.16. The Hall–Kier alpha value is -1.81. The van der Waals surface area contributed by atoms with Crippen LogP contribution in [0.3, 0.4) is 0 Å². The quantitative estimate of drug-likeness (QED) is 0.919. The summed E-state index contributed by atoms with van der Waals surface area (Å²) in [4.78, 5) is 6.86. The van der Waals surface area contributed by atoms with Crippen LogP contribution in [0.15, 0.2) is 30.7 Å². The van der Waals surface area contributed by atoms with Gasteiger partial charge in [-0.05, 0) is 38.4 Å². The Labute approximate surface area is 125 Å². The Morgan fingerprint density at radius 2 is 2.29 bits per heavy atom. The van der Waals surface area contributed by atoms with E-state index in [1.807, 2.05) is 12.5 Å². The Balaban J connectivity index is 1.74. The average Bonchev–Trinajstić information content (AvgIpc) is 3.16. The van der Waals surface area contributed by atoms with Gasteiger partial charge in [0, 0.05) is 30.4 Å². The molecule has 1 atom stereocenters. The summed E-state index contributed by atoms with van der Waals surface area (Å²) in [5.41, 5.74) is 5.29. The Bertz CT molecular complexity index is 646. The van der Waals surface area contributed by atoms with Crippen molar-refractivity contribution in [1.29, 1.82) is 0 Å². The van der Waals surface area contributed by atoms with Gasteiger partial charge in [0.15, 0.2) is 0 Å². The molecule has 0 aliphatic carbocycles. The molecular weight excluding hydrogens is 260 g/mol. The maximum atomic E-state index is 4.44. The van der Waals surface area contributed by atoms with Crippen LogP contribution in [0.5, 0.6) is 0 Å². The number of likely N-dealkylation sites (tertiary alicyclic amines) is 1. The minimum atomic E-state index is 0.540. The first kappa shape index (κ1) is 12.9. The number of nitrogens with zero attached hydrogens (tertiary/aromatic N) is 3. The minimum absolute atomic E-state index is 0.540. The Morgan fingerprint density at radius 1 is 1.33 bits per heavy atom. The molecule has 0 saturated carbocycles. The fourth-order valence-electron chi connectivity index (χ4n) is 3.72. The van der Waals surface area contributed by atoms with E-state index >= 15 is 0 Å². The number of rotatable bonds is 2. The lowest BCUT2D eigenvalue weighted by Crippen LogP contribution is -2.33. The molecule has 1 unspecified atom stereocenters. The van der Waals surface area contributed by atoms with Gasteiger partial charge in [-0.1, -0.05) is 18.2 Å². The van der Waals surface area contributed by atoms with E-state index in [4.69, 9.17) is 0 Å². The minimum Gasteiger partial charge on any atom is -0.384 e. The topological polar surface area (TPSA) is 33.1 Å². The van der Waals surface area contributed by atoms with E-state index in [1.54, 1.807) is 0 Å². The molecule has 0 radical (unpaired) electrons. The largest absolute Gasteiger partial charge is 0.384 e. The monoisotopic (exact) mass is 282 g/mol. The third-order valence-electron chi connectivity index (χ3n) is 4.78. The molecule has 1 aromatic carbocycles. The van der Waals surface area contributed by atoms with Crippen LogP contribution in [0.4, 0.5) is 5.69 Å². The molecular formula is C17H22N4. The predicted molar refractivity (Wildman–Crippen MR) is 85.6 cm³/mol. The summed E-state index contributed by atoms with van der Waals surface area (Å²) < 4.78 is 2.38. The average molecular weight is 282 g/mol. The molecule has 3 heterocycles. The van der Waals surface area contributed by atoms with Crippen molar-refractivity contribution in [3.05, 3.63) is 36.3 Å². The number of nitrogens with one attached hydrogen (secondary N) is 1. The highest BCUT2D eigenvalue weighted by Gasteiger charge is 2.23. The lowest BCUT2D eigenvalue weighted by atomic mass is 10.0. The zero-order valence-corrected chi connectivity index (χ0v) is 12.5. The van der Waals surface area contributed by atoms with Crippen molar-refractivity contribution in [2.75, 3.05) is 32.0 Å². The number of imidazole rings is 1.